The van der Waals surface area contributed by atoms with Crippen LogP contribution in [0.25, 0.3) is 0 Å². The Morgan fingerprint density at radius 3 is 2.90 bits per heavy atom. The van der Waals surface area contributed by atoms with E-state index in [1.807, 2.05) is 10.6 Å². The lowest BCUT2D eigenvalue weighted by atomic mass is 9.83. The third-order valence-electron chi connectivity index (χ3n) is 5.27. The van der Waals surface area contributed by atoms with Crippen molar-refractivity contribution in [3.63, 3.8) is 0 Å². The van der Waals surface area contributed by atoms with Gasteiger partial charge in [0, 0.05) is 42.3 Å². The Labute approximate surface area is 182 Å². The Morgan fingerprint density at radius 1 is 1.28 bits per heavy atom. The number of likely N-dealkylation sites (tertiary alicyclic amines) is 1. The van der Waals surface area contributed by atoms with Gasteiger partial charge in [0.25, 0.3) is 5.56 Å². The summed E-state index contributed by atoms with van der Waals surface area (Å²) in [4.78, 5) is 26.4. The van der Waals surface area contributed by atoms with Crippen LogP contribution in [0, 0.1) is 11.7 Å². The summed E-state index contributed by atoms with van der Waals surface area (Å²) in [6, 6.07) is 9.53. The second-order valence-corrected chi connectivity index (χ2v) is 9.38. The van der Waals surface area contributed by atoms with Crippen LogP contribution in [0.5, 0.6) is 0 Å². The van der Waals surface area contributed by atoms with Gasteiger partial charge in [-0.25, -0.2) is 4.39 Å². The number of pyridine rings is 1. The predicted octanol–water partition coefficient (Wildman–Crippen LogP) is 3.72. The monoisotopic (exact) mass is 451 g/mol. The van der Waals surface area contributed by atoms with Gasteiger partial charge >= 0.3 is 0 Å². The maximum Gasteiger partial charge on any atom is 0.250 e. The Hall–Kier alpha value is -1.90. The fourth-order valence-corrected chi connectivity index (χ4v) is 5.18. The van der Waals surface area contributed by atoms with Gasteiger partial charge in [-0.15, -0.1) is 0 Å². The molecule has 2 bridgehead atoms. The molecule has 3 heterocycles. The van der Waals surface area contributed by atoms with E-state index in [9.17, 15) is 14.0 Å². The Morgan fingerprint density at radius 2 is 2.10 bits per heavy atom. The summed E-state index contributed by atoms with van der Waals surface area (Å²) in [7, 11) is 0. The van der Waals surface area contributed by atoms with Gasteiger partial charge < -0.3 is 14.8 Å². The number of thioether (sulfide) groups is 1. The lowest BCUT2D eigenvalue weighted by molar-refractivity contribution is -0.113. The lowest BCUT2D eigenvalue weighted by Crippen LogP contribution is -2.48. The van der Waals surface area contributed by atoms with E-state index in [1.165, 1.54) is 23.9 Å². The maximum absolute atomic E-state index is 13.8. The number of fused-ring (bicyclic) bond motifs is 4. The smallest absolute Gasteiger partial charge is 0.250 e. The molecule has 1 aromatic heterocycles. The molecule has 152 valence electrons. The van der Waals surface area contributed by atoms with E-state index >= 15 is 0 Å². The average molecular weight is 452 g/mol. The number of anilines is 1. The SMILES string of the molecule is O=C(CSC(=S)N1C[C@@H]2C[C@@H](C1)c1cccc(=O)n1C2)Nc1ccc(Cl)cc1F. The number of rotatable bonds is 3. The largest absolute Gasteiger partial charge is 0.356 e. The molecule has 0 spiro atoms. The van der Waals surface area contributed by atoms with Crippen LogP contribution in [0.3, 0.4) is 0 Å². The van der Waals surface area contributed by atoms with Crippen molar-refractivity contribution in [1.29, 1.82) is 0 Å². The van der Waals surface area contributed by atoms with Crippen molar-refractivity contribution in [3.8, 4) is 0 Å². The van der Waals surface area contributed by atoms with Crippen LogP contribution < -0.4 is 10.9 Å². The number of piperidine rings is 1. The van der Waals surface area contributed by atoms with E-state index in [0.717, 1.165) is 31.3 Å². The summed E-state index contributed by atoms with van der Waals surface area (Å²) in [5, 5.41) is 2.82. The minimum Gasteiger partial charge on any atom is -0.356 e. The van der Waals surface area contributed by atoms with Crippen molar-refractivity contribution in [2.45, 2.75) is 18.9 Å². The van der Waals surface area contributed by atoms with Crippen molar-refractivity contribution < 1.29 is 9.18 Å². The normalized spacial score (nSPS) is 20.1. The highest BCUT2D eigenvalue weighted by Gasteiger charge is 2.35. The first-order chi connectivity index (χ1) is 13.9. The molecule has 0 aliphatic carbocycles. The van der Waals surface area contributed by atoms with E-state index in [0.29, 0.717) is 16.8 Å². The zero-order chi connectivity index (χ0) is 20.5. The number of thiocarbonyl (C=S) groups is 1. The third-order valence-corrected chi connectivity index (χ3v) is 7.03. The van der Waals surface area contributed by atoms with Crippen LogP contribution >= 0.6 is 35.6 Å². The second kappa shape index (κ2) is 8.45. The minimum atomic E-state index is -0.573. The molecule has 29 heavy (non-hydrogen) atoms. The molecule has 1 fully saturated rings. The van der Waals surface area contributed by atoms with Gasteiger partial charge in [0.05, 0.1) is 11.4 Å². The van der Waals surface area contributed by atoms with Crippen LogP contribution in [0.4, 0.5) is 10.1 Å². The van der Waals surface area contributed by atoms with Gasteiger partial charge in [0.2, 0.25) is 5.91 Å². The third kappa shape index (κ3) is 4.49. The zero-order valence-corrected chi connectivity index (χ0v) is 17.8. The average Bonchev–Trinajstić information content (AvgIpc) is 2.69. The summed E-state index contributed by atoms with van der Waals surface area (Å²) in [6.45, 7) is 2.21. The quantitative estimate of drug-likeness (QED) is 0.721. The highest BCUT2D eigenvalue weighted by Crippen LogP contribution is 2.36. The fourth-order valence-electron chi connectivity index (χ4n) is 4.04. The van der Waals surface area contributed by atoms with Gasteiger partial charge in [0.15, 0.2) is 0 Å². The van der Waals surface area contributed by atoms with Crippen LogP contribution in [0.1, 0.15) is 18.0 Å². The molecule has 0 unspecified atom stereocenters. The van der Waals surface area contributed by atoms with Gasteiger partial charge in [-0.2, -0.15) is 0 Å². The Kier molecular flexibility index (Phi) is 5.94. The molecule has 1 saturated heterocycles. The van der Waals surface area contributed by atoms with Crippen LogP contribution in [0.2, 0.25) is 5.02 Å². The summed E-state index contributed by atoms with van der Waals surface area (Å²) in [5.74, 6) is -0.185. The molecule has 2 aliphatic rings. The van der Waals surface area contributed by atoms with Crippen LogP contribution in [0.15, 0.2) is 41.2 Å². The molecule has 1 amide bonds. The van der Waals surface area contributed by atoms with Gasteiger partial charge in [-0.1, -0.05) is 41.6 Å². The molecule has 9 heteroatoms. The number of hydrogen-bond donors (Lipinski definition) is 1. The molecule has 0 saturated carbocycles. The van der Waals surface area contributed by atoms with Crippen molar-refractivity contribution in [3.05, 3.63) is 63.3 Å². The number of nitrogens with one attached hydrogen (secondary N) is 1. The van der Waals surface area contributed by atoms with Gasteiger partial charge in [-0.05, 0) is 36.6 Å². The predicted molar refractivity (Wildman–Crippen MR) is 118 cm³/mol. The van der Waals surface area contributed by atoms with E-state index < -0.39 is 5.82 Å². The van der Waals surface area contributed by atoms with Gasteiger partial charge in [0.1, 0.15) is 10.1 Å². The van der Waals surface area contributed by atoms with Crippen molar-refractivity contribution in [1.82, 2.24) is 9.47 Å². The van der Waals surface area contributed by atoms with Crippen molar-refractivity contribution in [2.24, 2.45) is 5.92 Å². The summed E-state index contributed by atoms with van der Waals surface area (Å²) < 4.78 is 16.3. The number of nitrogens with zero attached hydrogens (tertiary/aromatic N) is 2. The van der Waals surface area contributed by atoms with E-state index in [4.69, 9.17) is 23.8 Å². The van der Waals surface area contributed by atoms with Crippen molar-refractivity contribution >= 4 is 51.5 Å². The first-order valence-corrected chi connectivity index (χ1v) is 11.0. The molecule has 2 atom stereocenters. The maximum atomic E-state index is 13.8. The second-order valence-electron chi connectivity index (χ2n) is 7.33. The topological polar surface area (TPSA) is 54.3 Å². The van der Waals surface area contributed by atoms with Crippen molar-refractivity contribution in [2.75, 3.05) is 24.2 Å². The number of halogens is 2. The number of hydrogen-bond acceptors (Lipinski definition) is 4. The van der Waals surface area contributed by atoms with E-state index in [-0.39, 0.29) is 33.8 Å². The zero-order valence-electron chi connectivity index (χ0n) is 15.4. The first kappa shape index (κ1) is 20.4. The molecule has 2 aliphatic heterocycles. The molecule has 2 aromatic rings. The molecule has 1 N–H and O–H groups in total. The fraction of sp³-hybridized carbons (Fsp3) is 0.350. The lowest BCUT2D eigenvalue weighted by Gasteiger charge is -2.43. The molecule has 5 nitrogen and oxygen atoms in total. The number of amides is 1. The molecular weight excluding hydrogens is 433 g/mol. The first-order valence-electron chi connectivity index (χ1n) is 9.27. The number of carbonyl (C=O) groups excluding carboxylic acids is 1. The van der Waals surface area contributed by atoms with Crippen LogP contribution in [-0.4, -0.2) is 38.5 Å². The van der Waals surface area contributed by atoms with Crippen LogP contribution in [-0.2, 0) is 11.3 Å². The standard InChI is InChI=1S/C20H19ClFN3O2S2/c21-14-4-5-16(15(22)7-14)23-18(26)11-29-20(28)24-8-12-6-13(10-24)17-2-1-3-19(27)25(17)9-12/h1-5,7,12-13H,6,8-11H2,(H,23,26)/t12-,13-/m0/s1. The minimum absolute atomic E-state index is 0.0497. The number of carbonyl (C=O) groups is 1. The molecular formula is C20H19ClFN3O2S2. The Balaban J connectivity index is 1.35. The van der Waals surface area contributed by atoms with E-state index in [2.05, 4.69) is 10.2 Å². The summed E-state index contributed by atoms with van der Waals surface area (Å²) in [5.41, 5.74) is 1.20. The summed E-state index contributed by atoms with van der Waals surface area (Å²) in [6.07, 6.45) is 1.05. The number of benzene rings is 1. The van der Waals surface area contributed by atoms with E-state index in [1.54, 1.807) is 12.1 Å². The van der Waals surface area contributed by atoms with Gasteiger partial charge in [-0.3, -0.25) is 9.59 Å². The molecule has 1 aromatic carbocycles. The summed E-state index contributed by atoms with van der Waals surface area (Å²) >= 11 is 12.5. The molecule has 0 radical (unpaired) electrons. The highest BCUT2D eigenvalue weighted by atomic mass is 35.5. The number of aromatic nitrogens is 1. The highest BCUT2D eigenvalue weighted by molar-refractivity contribution is 8.23. The molecule has 4 rings (SSSR count). The Bertz CT molecular complexity index is 1030.